The van der Waals surface area contributed by atoms with E-state index in [2.05, 4.69) is 35.5 Å². The lowest BCUT2D eigenvalue weighted by atomic mass is 10.1. The van der Waals surface area contributed by atoms with E-state index >= 15 is 0 Å². The Morgan fingerprint density at radius 2 is 1.62 bits per heavy atom. The largest absolute Gasteiger partial charge is 0.239 e. The second-order valence-corrected chi connectivity index (χ2v) is 8.62. The van der Waals surface area contributed by atoms with Gasteiger partial charge in [-0.05, 0) is 55.1 Å². The Balaban J connectivity index is 1.86. The molecule has 0 radical (unpaired) electrons. The van der Waals surface area contributed by atoms with E-state index in [1.807, 2.05) is 12.3 Å². The summed E-state index contributed by atoms with van der Waals surface area (Å²) in [4.78, 5) is 11.7. The molecule has 0 atom stereocenters. The number of thiazole rings is 2. The highest BCUT2D eigenvalue weighted by molar-refractivity contribution is 7.98. The molecule has 0 aliphatic carbocycles. The fraction of sp³-hybridized carbons (Fsp3) is 0.100. The number of aryl methyl sites for hydroxylation is 1. The fourth-order valence-corrected chi connectivity index (χ4v) is 4.77. The first-order valence-electron chi connectivity index (χ1n) is 7.98. The summed E-state index contributed by atoms with van der Waals surface area (Å²) in [6.07, 6.45) is 2.06. The maximum atomic E-state index is 13.4. The number of aromatic nitrogens is 2. The van der Waals surface area contributed by atoms with E-state index in [-0.39, 0.29) is 5.82 Å². The van der Waals surface area contributed by atoms with Gasteiger partial charge in [-0.3, -0.25) is 0 Å². The van der Waals surface area contributed by atoms with Gasteiger partial charge in [-0.2, -0.15) is 0 Å². The number of nitrogens with zero attached hydrogens (tertiary/aromatic N) is 2. The van der Waals surface area contributed by atoms with E-state index in [4.69, 9.17) is 4.98 Å². The molecule has 0 aliphatic rings. The van der Waals surface area contributed by atoms with E-state index in [1.54, 1.807) is 46.6 Å². The summed E-state index contributed by atoms with van der Waals surface area (Å²) in [5.74, 6) is -0.245. The lowest BCUT2D eigenvalue weighted by Gasteiger charge is -2.04. The molecule has 0 aliphatic heterocycles. The Labute approximate surface area is 163 Å². The van der Waals surface area contributed by atoms with Crippen LogP contribution in [0.2, 0.25) is 0 Å². The van der Waals surface area contributed by atoms with Crippen LogP contribution in [0.3, 0.4) is 0 Å². The fourth-order valence-electron chi connectivity index (χ4n) is 2.63. The van der Waals surface area contributed by atoms with Crippen molar-refractivity contribution in [2.75, 3.05) is 6.26 Å². The highest BCUT2D eigenvalue weighted by Crippen LogP contribution is 2.41. The number of rotatable bonds is 4. The third-order valence-corrected chi connectivity index (χ3v) is 6.58. The van der Waals surface area contributed by atoms with Gasteiger partial charge in [-0.15, -0.1) is 34.4 Å². The average molecular weight is 399 g/mol. The standard InChI is InChI=1S/C20H15FN2S3/c1-12-22-17(11-25-12)20-23-18(13-3-7-15(21)8-4-13)19(26-20)14-5-9-16(24-2)10-6-14/h3-11H,1-2H3. The number of thioether (sulfide) groups is 1. The summed E-state index contributed by atoms with van der Waals surface area (Å²) >= 11 is 4.96. The molecule has 2 heterocycles. The Morgan fingerprint density at radius 3 is 2.23 bits per heavy atom. The smallest absolute Gasteiger partial charge is 0.144 e. The minimum atomic E-state index is -0.245. The maximum absolute atomic E-state index is 13.4. The van der Waals surface area contributed by atoms with E-state index in [0.717, 1.165) is 37.4 Å². The van der Waals surface area contributed by atoms with Crippen LogP contribution in [0.4, 0.5) is 4.39 Å². The molecule has 0 spiro atoms. The third-order valence-electron chi connectivity index (χ3n) is 3.94. The number of hydrogen-bond acceptors (Lipinski definition) is 5. The van der Waals surface area contributed by atoms with Gasteiger partial charge in [0.2, 0.25) is 0 Å². The topological polar surface area (TPSA) is 25.8 Å². The Kier molecular flexibility index (Phi) is 4.89. The summed E-state index contributed by atoms with van der Waals surface area (Å²) < 4.78 is 13.4. The SMILES string of the molecule is CSc1ccc(-c2sc(-c3csc(C)n3)nc2-c2ccc(F)cc2)cc1. The van der Waals surface area contributed by atoms with Gasteiger partial charge in [0.25, 0.3) is 0 Å². The van der Waals surface area contributed by atoms with Gasteiger partial charge in [-0.1, -0.05) is 12.1 Å². The van der Waals surface area contributed by atoms with E-state index in [1.165, 1.54) is 17.0 Å². The molecule has 0 unspecified atom stereocenters. The maximum Gasteiger partial charge on any atom is 0.144 e. The van der Waals surface area contributed by atoms with Crippen molar-refractivity contribution >= 4 is 34.4 Å². The Bertz CT molecular complexity index is 1030. The van der Waals surface area contributed by atoms with Gasteiger partial charge >= 0.3 is 0 Å². The highest BCUT2D eigenvalue weighted by atomic mass is 32.2. The average Bonchev–Trinajstić information content (AvgIpc) is 3.29. The van der Waals surface area contributed by atoms with Crippen molar-refractivity contribution < 1.29 is 4.39 Å². The van der Waals surface area contributed by atoms with Crippen molar-refractivity contribution in [1.82, 2.24) is 9.97 Å². The van der Waals surface area contributed by atoms with Gasteiger partial charge in [0.1, 0.15) is 16.5 Å². The Hall–Kier alpha value is -2.02. The Morgan fingerprint density at radius 1 is 0.923 bits per heavy atom. The normalized spacial score (nSPS) is 11.0. The molecule has 26 heavy (non-hydrogen) atoms. The molecule has 0 amide bonds. The van der Waals surface area contributed by atoms with E-state index in [9.17, 15) is 4.39 Å². The minimum absolute atomic E-state index is 0.245. The zero-order valence-electron chi connectivity index (χ0n) is 14.2. The van der Waals surface area contributed by atoms with Gasteiger partial charge in [0, 0.05) is 15.8 Å². The predicted molar refractivity (Wildman–Crippen MR) is 111 cm³/mol. The van der Waals surface area contributed by atoms with Crippen molar-refractivity contribution in [3.8, 4) is 32.4 Å². The predicted octanol–water partition coefficient (Wildman–Crippen LogP) is 6.77. The van der Waals surface area contributed by atoms with Crippen LogP contribution < -0.4 is 0 Å². The molecule has 2 aromatic heterocycles. The first kappa shape index (κ1) is 17.4. The molecule has 6 heteroatoms. The monoisotopic (exact) mass is 398 g/mol. The van der Waals surface area contributed by atoms with E-state index < -0.39 is 0 Å². The zero-order chi connectivity index (χ0) is 18.1. The van der Waals surface area contributed by atoms with Gasteiger partial charge < -0.3 is 0 Å². The number of halogens is 1. The quantitative estimate of drug-likeness (QED) is 0.355. The van der Waals surface area contributed by atoms with Crippen LogP contribution in [0, 0.1) is 12.7 Å². The molecule has 4 rings (SSSR count). The number of benzene rings is 2. The van der Waals surface area contributed by atoms with Crippen LogP contribution >= 0.6 is 34.4 Å². The third kappa shape index (κ3) is 3.45. The lowest BCUT2D eigenvalue weighted by molar-refractivity contribution is 0.628. The van der Waals surface area contributed by atoms with Crippen LogP contribution in [0.5, 0.6) is 0 Å². The van der Waals surface area contributed by atoms with Gasteiger partial charge in [0.05, 0.1) is 15.6 Å². The molecule has 130 valence electrons. The van der Waals surface area contributed by atoms with Gasteiger partial charge in [0.15, 0.2) is 0 Å². The molecule has 2 aromatic carbocycles. The molecular weight excluding hydrogens is 383 g/mol. The second kappa shape index (κ2) is 7.31. The molecule has 0 saturated heterocycles. The van der Waals surface area contributed by atoms with Gasteiger partial charge in [-0.25, -0.2) is 14.4 Å². The second-order valence-electron chi connectivity index (χ2n) is 5.68. The molecule has 4 aromatic rings. The molecule has 0 N–H and O–H groups in total. The van der Waals surface area contributed by atoms with Crippen LogP contribution in [-0.2, 0) is 0 Å². The van der Waals surface area contributed by atoms with Crippen molar-refractivity contribution in [2.45, 2.75) is 11.8 Å². The summed E-state index contributed by atoms with van der Waals surface area (Å²) in [7, 11) is 0. The summed E-state index contributed by atoms with van der Waals surface area (Å²) in [5, 5.41) is 3.94. The van der Waals surface area contributed by atoms with Crippen LogP contribution in [0.1, 0.15) is 5.01 Å². The van der Waals surface area contributed by atoms with Crippen LogP contribution in [0.15, 0.2) is 58.8 Å². The molecule has 2 nitrogen and oxygen atoms in total. The number of hydrogen-bond donors (Lipinski definition) is 0. The highest BCUT2D eigenvalue weighted by Gasteiger charge is 2.17. The van der Waals surface area contributed by atoms with Crippen molar-refractivity contribution in [1.29, 1.82) is 0 Å². The summed E-state index contributed by atoms with van der Waals surface area (Å²) in [5.41, 5.74) is 3.78. The molecule has 0 saturated carbocycles. The first-order chi connectivity index (χ1) is 12.6. The van der Waals surface area contributed by atoms with Crippen LogP contribution in [-0.4, -0.2) is 16.2 Å². The van der Waals surface area contributed by atoms with Crippen molar-refractivity contribution in [3.05, 3.63) is 64.7 Å². The lowest BCUT2D eigenvalue weighted by Crippen LogP contribution is -1.84. The minimum Gasteiger partial charge on any atom is -0.239 e. The molecule has 0 fully saturated rings. The van der Waals surface area contributed by atoms with E-state index in [0.29, 0.717) is 0 Å². The first-order valence-corrected chi connectivity index (χ1v) is 10.9. The molecule has 0 bridgehead atoms. The summed E-state index contributed by atoms with van der Waals surface area (Å²) in [6.45, 7) is 1.99. The molecular formula is C20H15FN2S3. The van der Waals surface area contributed by atoms with Crippen molar-refractivity contribution in [3.63, 3.8) is 0 Å². The van der Waals surface area contributed by atoms with Crippen LogP contribution in [0.25, 0.3) is 32.4 Å². The zero-order valence-corrected chi connectivity index (χ0v) is 16.6. The summed E-state index contributed by atoms with van der Waals surface area (Å²) in [6, 6.07) is 15.0. The van der Waals surface area contributed by atoms with Crippen molar-refractivity contribution in [2.24, 2.45) is 0 Å².